The molecule has 0 spiro atoms. The lowest BCUT2D eigenvalue weighted by atomic mass is 9.81. The molecule has 8 aromatic rings. The summed E-state index contributed by atoms with van der Waals surface area (Å²) in [4.78, 5) is 0. The third kappa shape index (κ3) is 5.97. The normalized spacial score (nSPS) is 12.1. The van der Waals surface area contributed by atoms with Crippen molar-refractivity contribution in [1.82, 2.24) is 0 Å². The SMILES string of the molecule is C=Cc1ccc(-c2c3ccccc3c(-c3c4ccccc4c(-c4ccc(OCC(CC)CCCC)cc4)c4ccccc34)c3ccccc23)cc1. The van der Waals surface area contributed by atoms with Crippen LogP contribution in [-0.2, 0) is 0 Å². The Bertz CT molecular complexity index is 2390. The van der Waals surface area contributed by atoms with Crippen molar-refractivity contribution in [1.29, 1.82) is 0 Å². The van der Waals surface area contributed by atoms with Gasteiger partial charge in [-0.1, -0.05) is 179 Å². The lowest BCUT2D eigenvalue weighted by Gasteiger charge is -2.22. The smallest absolute Gasteiger partial charge is 0.119 e. The predicted molar refractivity (Wildman–Crippen MR) is 222 cm³/mol. The van der Waals surface area contributed by atoms with E-state index in [1.807, 2.05) is 6.08 Å². The molecule has 0 N–H and O–H groups in total. The summed E-state index contributed by atoms with van der Waals surface area (Å²) in [5.74, 6) is 1.54. The van der Waals surface area contributed by atoms with Gasteiger partial charge in [-0.2, -0.15) is 0 Å². The fourth-order valence-electron chi connectivity index (χ4n) is 8.03. The summed E-state index contributed by atoms with van der Waals surface area (Å²) in [6.07, 6.45) is 6.78. The third-order valence-corrected chi connectivity index (χ3v) is 10.7. The highest BCUT2D eigenvalue weighted by Crippen LogP contribution is 2.50. The van der Waals surface area contributed by atoms with E-state index >= 15 is 0 Å². The second-order valence-corrected chi connectivity index (χ2v) is 13.8. The van der Waals surface area contributed by atoms with E-state index in [1.54, 1.807) is 0 Å². The molecule has 0 aliphatic carbocycles. The van der Waals surface area contributed by atoms with Gasteiger partial charge in [0.1, 0.15) is 5.75 Å². The summed E-state index contributed by atoms with van der Waals surface area (Å²) >= 11 is 0. The van der Waals surface area contributed by atoms with Crippen molar-refractivity contribution in [3.63, 3.8) is 0 Å². The highest BCUT2D eigenvalue weighted by atomic mass is 16.5. The van der Waals surface area contributed by atoms with E-state index in [-0.39, 0.29) is 0 Å². The average molecular weight is 661 g/mol. The van der Waals surface area contributed by atoms with Crippen LogP contribution in [0.3, 0.4) is 0 Å². The van der Waals surface area contributed by atoms with Gasteiger partial charge in [0.25, 0.3) is 0 Å². The number of rotatable bonds is 11. The van der Waals surface area contributed by atoms with Crippen LogP contribution in [0, 0.1) is 5.92 Å². The molecule has 0 radical (unpaired) electrons. The largest absolute Gasteiger partial charge is 0.493 e. The lowest BCUT2D eigenvalue weighted by Crippen LogP contribution is -2.11. The van der Waals surface area contributed by atoms with Crippen molar-refractivity contribution in [2.45, 2.75) is 39.5 Å². The van der Waals surface area contributed by atoms with E-state index < -0.39 is 0 Å². The summed E-state index contributed by atoms with van der Waals surface area (Å²) in [6, 6.07) is 53.4. The van der Waals surface area contributed by atoms with Gasteiger partial charge in [-0.25, -0.2) is 0 Å². The zero-order chi connectivity index (χ0) is 34.7. The van der Waals surface area contributed by atoms with Gasteiger partial charge >= 0.3 is 0 Å². The molecule has 8 rings (SSSR count). The van der Waals surface area contributed by atoms with Gasteiger partial charge in [-0.3, -0.25) is 0 Å². The maximum absolute atomic E-state index is 6.33. The topological polar surface area (TPSA) is 9.23 Å². The van der Waals surface area contributed by atoms with Crippen molar-refractivity contribution < 1.29 is 4.74 Å². The summed E-state index contributed by atoms with van der Waals surface area (Å²) in [5, 5.41) is 10.0. The van der Waals surface area contributed by atoms with Crippen LogP contribution in [0.2, 0.25) is 0 Å². The minimum absolute atomic E-state index is 0.601. The van der Waals surface area contributed by atoms with Gasteiger partial charge < -0.3 is 4.74 Å². The van der Waals surface area contributed by atoms with Crippen LogP contribution in [0.25, 0.3) is 82.5 Å². The average Bonchev–Trinajstić information content (AvgIpc) is 3.19. The second kappa shape index (κ2) is 14.3. The quantitative estimate of drug-likeness (QED) is 0.125. The molecular formula is C50H44O. The van der Waals surface area contributed by atoms with Gasteiger partial charge in [0, 0.05) is 0 Å². The Kier molecular flexibility index (Phi) is 9.12. The molecule has 1 unspecified atom stereocenters. The molecule has 8 aromatic carbocycles. The molecule has 1 heteroatoms. The standard InChI is InChI=1S/C50H44O/c1-4-7-16-35(6-3)33-51-38-31-29-37(30-32-38)48-41-19-10-14-23-45(41)50(46-24-15-11-20-42(46)48)49-43-21-12-8-17-39(43)47(40-18-9-13-22-44(40)49)36-27-25-34(5-2)26-28-36/h5,8-15,17-32,35H,2,4,6-7,16,33H2,1,3H3. The van der Waals surface area contributed by atoms with Gasteiger partial charge in [-0.05, 0) is 107 Å². The van der Waals surface area contributed by atoms with Crippen LogP contribution < -0.4 is 4.74 Å². The molecule has 0 heterocycles. The molecule has 1 atom stereocenters. The second-order valence-electron chi connectivity index (χ2n) is 13.8. The van der Waals surface area contributed by atoms with E-state index in [4.69, 9.17) is 4.74 Å². The maximum Gasteiger partial charge on any atom is 0.119 e. The highest BCUT2D eigenvalue weighted by Gasteiger charge is 2.22. The third-order valence-electron chi connectivity index (χ3n) is 10.7. The number of ether oxygens (including phenoxy) is 1. The molecular weight excluding hydrogens is 617 g/mol. The van der Waals surface area contributed by atoms with Crippen molar-refractivity contribution in [3.05, 3.63) is 158 Å². The van der Waals surface area contributed by atoms with Crippen molar-refractivity contribution in [2.24, 2.45) is 5.92 Å². The molecule has 0 aliphatic rings. The Morgan fingerprint density at radius 3 is 1.22 bits per heavy atom. The zero-order valence-electron chi connectivity index (χ0n) is 29.7. The highest BCUT2D eigenvalue weighted by molar-refractivity contribution is 6.29. The van der Waals surface area contributed by atoms with E-state index in [2.05, 4.69) is 166 Å². The first kappa shape index (κ1) is 32.5. The first-order chi connectivity index (χ1) is 25.2. The van der Waals surface area contributed by atoms with Crippen LogP contribution in [0.15, 0.2) is 152 Å². The van der Waals surface area contributed by atoms with Crippen molar-refractivity contribution in [3.8, 4) is 39.1 Å². The first-order valence-electron chi connectivity index (χ1n) is 18.5. The van der Waals surface area contributed by atoms with Gasteiger partial charge in [0.2, 0.25) is 0 Å². The monoisotopic (exact) mass is 660 g/mol. The van der Waals surface area contributed by atoms with Gasteiger partial charge in [-0.15, -0.1) is 0 Å². The number of fused-ring (bicyclic) bond motifs is 4. The van der Waals surface area contributed by atoms with Crippen LogP contribution in [0.5, 0.6) is 5.75 Å². The molecule has 0 fully saturated rings. The fraction of sp³-hybridized carbons (Fsp3) is 0.160. The molecule has 0 saturated heterocycles. The fourth-order valence-corrected chi connectivity index (χ4v) is 8.03. The summed E-state index contributed by atoms with van der Waals surface area (Å²) in [6.45, 7) is 9.28. The molecule has 51 heavy (non-hydrogen) atoms. The van der Waals surface area contributed by atoms with Crippen molar-refractivity contribution in [2.75, 3.05) is 6.61 Å². The minimum atomic E-state index is 0.601. The van der Waals surface area contributed by atoms with Crippen LogP contribution in [0.4, 0.5) is 0 Å². The summed E-state index contributed by atoms with van der Waals surface area (Å²) in [5.41, 5.74) is 8.63. The van der Waals surface area contributed by atoms with E-state index in [0.717, 1.165) is 24.3 Å². The van der Waals surface area contributed by atoms with Gasteiger partial charge in [0.05, 0.1) is 6.61 Å². The Morgan fingerprint density at radius 2 is 0.863 bits per heavy atom. The predicted octanol–water partition coefficient (Wildman–Crippen LogP) is 14.5. The number of benzene rings is 8. The molecule has 0 saturated carbocycles. The molecule has 1 nitrogen and oxygen atoms in total. The van der Waals surface area contributed by atoms with E-state index in [0.29, 0.717) is 5.92 Å². The first-order valence-corrected chi connectivity index (χ1v) is 18.5. The van der Waals surface area contributed by atoms with Crippen LogP contribution >= 0.6 is 0 Å². The van der Waals surface area contributed by atoms with Crippen LogP contribution in [-0.4, -0.2) is 6.61 Å². The Hall–Kier alpha value is -5.66. The lowest BCUT2D eigenvalue weighted by molar-refractivity contribution is 0.233. The summed E-state index contributed by atoms with van der Waals surface area (Å²) < 4.78 is 6.33. The Morgan fingerprint density at radius 1 is 0.490 bits per heavy atom. The van der Waals surface area contributed by atoms with Crippen molar-refractivity contribution >= 4 is 49.2 Å². The van der Waals surface area contributed by atoms with E-state index in [1.165, 1.54) is 95.7 Å². The number of hydrogen-bond donors (Lipinski definition) is 0. The molecule has 250 valence electrons. The Balaban J connectivity index is 1.35. The van der Waals surface area contributed by atoms with E-state index in [9.17, 15) is 0 Å². The number of unbranched alkanes of at least 4 members (excludes halogenated alkanes) is 1. The van der Waals surface area contributed by atoms with Crippen LogP contribution in [0.1, 0.15) is 45.1 Å². The number of hydrogen-bond acceptors (Lipinski definition) is 1. The zero-order valence-corrected chi connectivity index (χ0v) is 29.7. The molecule has 0 aliphatic heterocycles. The minimum Gasteiger partial charge on any atom is -0.493 e. The Labute approximate surface area is 301 Å². The molecule has 0 aromatic heterocycles. The maximum atomic E-state index is 6.33. The molecule has 0 bridgehead atoms. The van der Waals surface area contributed by atoms with Gasteiger partial charge in [0.15, 0.2) is 0 Å². The summed E-state index contributed by atoms with van der Waals surface area (Å²) in [7, 11) is 0. The molecule has 0 amide bonds.